The van der Waals surface area contributed by atoms with Crippen LogP contribution in [0.4, 0.5) is 5.82 Å². The van der Waals surface area contributed by atoms with E-state index in [-0.39, 0.29) is 24.3 Å². The average Bonchev–Trinajstić information content (AvgIpc) is 3.55. The van der Waals surface area contributed by atoms with Gasteiger partial charge >= 0.3 is 0 Å². The van der Waals surface area contributed by atoms with Crippen molar-refractivity contribution in [1.82, 2.24) is 20.4 Å². The third-order valence-corrected chi connectivity index (χ3v) is 6.21. The fraction of sp³-hybridized carbons (Fsp3) is 0.250. The van der Waals surface area contributed by atoms with E-state index < -0.39 is 6.29 Å². The summed E-state index contributed by atoms with van der Waals surface area (Å²) in [4.78, 5) is 25.4. The number of hydrogen-bond donors (Lipinski definition) is 3. The van der Waals surface area contributed by atoms with E-state index in [0.717, 1.165) is 29.5 Å². The Morgan fingerprint density at radius 2 is 1.86 bits per heavy atom. The average molecular weight is 484 g/mol. The first-order chi connectivity index (χ1) is 17.6. The molecule has 2 unspecified atom stereocenters. The maximum atomic E-state index is 13.0. The van der Waals surface area contributed by atoms with Crippen LogP contribution in [0.3, 0.4) is 0 Å². The molecule has 4 aromatic rings. The van der Waals surface area contributed by atoms with Crippen molar-refractivity contribution in [3.63, 3.8) is 0 Å². The molecule has 1 aliphatic heterocycles. The molecule has 8 heteroatoms. The summed E-state index contributed by atoms with van der Waals surface area (Å²) in [5.41, 5.74) is 3.70. The highest BCUT2D eigenvalue weighted by Crippen LogP contribution is 2.26. The third kappa shape index (κ3) is 5.39. The molecule has 2 aromatic heterocycles. The summed E-state index contributed by atoms with van der Waals surface area (Å²) in [5.74, 6) is 0.820. The van der Waals surface area contributed by atoms with Crippen LogP contribution in [0, 0.1) is 0 Å². The van der Waals surface area contributed by atoms with E-state index in [9.17, 15) is 9.59 Å². The summed E-state index contributed by atoms with van der Waals surface area (Å²) in [6.45, 7) is 2.09. The Morgan fingerprint density at radius 1 is 1.08 bits per heavy atom. The van der Waals surface area contributed by atoms with Gasteiger partial charge in [0, 0.05) is 18.5 Å². The van der Waals surface area contributed by atoms with Crippen LogP contribution in [0.15, 0.2) is 83.5 Å². The summed E-state index contributed by atoms with van der Waals surface area (Å²) >= 11 is 0. The van der Waals surface area contributed by atoms with Crippen LogP contribution in [0.2, 0.25) is 0 Å². The van der Waals surface area contributed by atoms with Crippen molar-refractivity contribution in [2.45, 2.75) is 44.9 Å². The molecule has 1 fully saturated rings. The molecule has 36 heavy (non-hydrogen) atoms. The quantitative estimate of drug-likeness (QED) is 0.337. The van der Waals surface area contributed by atoms with Crippen molar-refractivity contribution in [1.29, 1.82) is 0 Å². The minimum atomic E-state index is -0.577. The van der Waals surface area contributed by atoms with Gasteiger partial charge in [-0.1, -0.05) is 67.9 Å². The van der Waals surface area contributed by atoms with Crippen molar-refractivity contribution < 1.29 is 14.0 Å². The van der Waals surface area contributed by atoms with Gasteiger partial charge in [-0.15, -0.1) is 0 Å². The van der Waals surface area contributed by atoms with Gasteiger partial charge in [-0.2, -0.15) is 5.10 Å². The zero-order valence-electron chi connectivity index (χ0n) is 20.1. The number of benzene rings is 2. The molecule has 2 aromatic carbocycles. The predicted octanol–water partition coefficient (Wildman–Crippen LogP) is 4.73. The lowest BCUT2D eigenvalue weighted by molar-refractivity contribution is -0.125. The van der Waals surface area contributed by atoms with Crippen molar-refractivity contribution in [2.24, 2.45) is 0 Å². The van der Waals surface area contributed by atoms with E-state index in [1.807, 2.05) is 42.5 Å². The highest BCUT2D eigenvalue weighted by atomic mass is 16.3. The number of aromatic nitrogens is 2. The highest BCUT2D eigenvalue weighted by molar-refractivity contribution is 5.92. The van der Waals surface area contributed by atoms with Gasteiger partial charge in [0.2, 0.25) is 11.8 Å². The first-order valence-electron chi connectivity index (χ1n) is 12.2. The summed E-state index contributed by atoms with van der Waals surface area (Å²) in [5, 5.41) is 14.0. The Morgan fingerprint density at radius 3 is 2.58 bits per heavy atom. The van der Waals surface area contributed by atoms with Crippen LogP contribution < -0.4 is 16.0 Å². The van der Waals surface area contributed by atoms with Crippen LogP contribution in [-0.2, 0) is 16.0 Å². The number of nitrogens with one attached hydrogen (secondary N) is 3. The Labute approximate surface area is 209 Å². The molecule has 0 spiro atoms. The number of anilines is 1. The lowest BCUT2D eigenvalue weighted by atomic mass is 10.0. The van der Waals surface area contributed by atoms with E-state index in [2.05, 4.69) is 40.1 Å². The first kappa shape index (κ1) is 23.6. The standard InChI is InChI=1S/C28H29N5O3/c1-2-7-22-17-27(35)31-28(29-22)33-25(18-23(32-33)24-10-6-15-36-24)30-26(34)16-19-11-13-21(14-12-19)20-8-4-3-5-9-20/h3-6,8-15,18,22,28-29H,2,7,16-17H2,1H3,(H,30,34)(H,31,35). The summed E-state index contributed by atoms with van der Waals surface area (Å²) in [7, 11) is 0. The number of amides is 2. The molecule has 2 atom stereocenters. The van der Waals surface area contributed by atoms with Gasteiger partial charge in [-0.05, 0) is 35.2 Å². The number of hydrogen-bond acceptors (Lipinski definition) is 5. The number of carbonyl (C=O) groups is 2. The van der Waals surface area contributed by atoms with Crippen molar-refractivity contribution >= 4 is 17.6 Å². The lowest BCUT2D eigenvalue weighted by Crippen LogP contribution is -2.53. The van der Waals surface area contributed by atoms with Gasteiger partial charge in [0.25, 0.3) is 0 Å². The molecule has 2 amide bonds. The minimum Gasteiger partial charge on any atom is -0.463 e. The topological polar surface area (TPSA) is 101 Å². The first-order valence-corrected chi connectivity index (χ1v) is 12.2. The second-order valence-corrected chi connectivity index (χ2v) is 8.95. The zero-order valence-corrected chi connectivity index (χ0v) is 20.1. The second-order valence-electron chi connectivity index (χ2n) is 8.95. The molecule has 8 nitrogen and oxygen atoms in total. The number of furan rings is 1. The molecule has 1 aliphatic rings. The Kier molecular flexibility index (Phi) is 6.95. The second kappa shape index (κ2) is 10.6. The third-order valence-electron chi connectivity index (χ3n) is 6.21. The Balaban J connectivity index is 1.34. The maximum Gasteiger partial charge on any atom is 0.229 e. The molecule has 0 bridgehead atoms. The molecular weight excluding hydrogens is 454 g/mol. The minimum absolute atomic E-state index is 0.0386. The van der Waals surface area contributed by atoms with Crippen LogP contribution in [0.1, 0.15) is 38.0 Å². The summed E-state index contributed by atoms with van der Waals surface area (Å²) in [6, 6.07) is 23.5. The van der Waals surface area contributed by atoms with Crippen LogP contribution in [0.5, 0.6) is 0 Å². The van der Waals surface area contributed by atoms with E-state index in [1.54, 1.807) is 29.1 Å². The zero-order chi connectivity index (χ0) is 24.9. The largest absolute Gasteiger partial charge is 0.463 e. The molecule has 184 valence electrons. The smallest absolute Gasteiger partial charge is 0.229 e. The molecule has 3 heterocycles. The van der Waals surface area contributed by atoms with E-state index in [0.29, 0.717) is 23.7 Å². The molecule has 3 N–H and O–H groups in total. The van der Waals surface area contributed by atoms with Gasteiger partial charge in [-0.25, -0.2) is 4.68 Å². The van der Waals surface area contributed by atoms with Crippen LogP contribution >= 0.6 is 0 Å². The molecular formula is C28H29N5O3. The van der Waals surface area contributed by atoms with Crippen LogP contribution in [0.25, 0.3) is 22.6 Å². The normalized spacial score (nSPS) is 17.5. The van der Waals surface area contributed by atoms with Gasteiger partial charge in [0.15, 0.2) is 12.0 Å². The lowest BCUT2D eigenvalue weighted by Gasteiger charge is -2.32. The highest BCUT2D eigenvalue weighted by Gasteiger charge is 2.29. The molecule has 5 rings (SSSR count). The van der Waals surface area contributed by atoms with Crippen molar-refractivity contribution in [2.75, 3.05) is 5.32 Å². The predicted molar refractivity (Wildman–Crippen MR) is 138 cm³/mol. The molecule has 1 saturated heterocycles. The van der Waals surface area contributed by atoms with Gasteiger partial charge < -0.3 is 15.1 Å². The van der Waals surface area contributed by atoms with E-state index >= 15 is 0 Å². The SMILES string of the molecule is CCCC1CC(=O)NC(n2nc(-c3ccco3)cc2NC(=O)Cc2ccc(-c3ccccc3)cc2)N1. The molecule has 0 saturated carbocycles. The number of carbonyl (C=O) groups excluding carboxylic acids is 2. The van der Waals surface area contributed by atoms with Crippen LogP contribution in [-0.4, -0.2) is 27.6 Å². The Hall–Kier alpha value is -4.17. The summed E-state index contributed by atoms with van der Waals surface area (Å²) < 4.78 is 7.11. The monoisotopic (exact) mass is 483 g/mol. The number of nitrogens with zero attached hydrogens (tertiary/aromatic N) is 2. The Bertz CT molecular complexity index is 1310. The van der Waals surface area contributed by atoms with E-state index in [4.69, 9.17) is 4.42 Å². The summed E-state index contributed by atoms with van der Waals surface area (Å²) in [6.07, 6.45) is 3.45. The number of rotatable bonds is 8. The maximum absolute atomic E-state index is 13.0. The molecule has 0 aliphatic carbocycles. The molecule has 0 radical (unpaired) electrons. The van der Waals surface area contributed by atoms with Gasteiger partial charge in [0.1, 0.15) is 11.5 Å². The fourth-order valence-electron chi connectivity index (χ4n) is 4.47. The van der Waals surface area contributed by atoms with E-state index in [1.165, 1.54) is 0 Å². The fourth-order valence-corrected chi connectivity index (χ4v) is 4.47. The van der Waals surface area contributed by atoms with Gasteiger partial charge in [-0.3, -0.25) is 14.9 Å². The van der Waals surface area contributed by atoms with Gasteiger partial charge in [0.05, 0.1) is 12.7 Å². The van der Waals surface area contributed by atoms with Crippen molar-refractivity contribution in [3.05, 3.63) is 84.6 Å². The van der Waals surface area contributed by atoms with Crippen molar-refractivity contribution in [3.8, 4) is 22.6 Å².